The Morgan fingerprint density at radius 3 is 2.85 bits per heavy atom. The van der Waals surface area contributed by atoms with Gasteiger partial charge in [-0.15, -0.1) is 0 Å². The van der Waals surface area contributed by atoms with E-state index >= 15 is 0 Å². The number of nitrogens with zero attached hydrogens (tertiary/aromatic N) is 5. The molecule has 0 aromatic carbocycles. The van der Waals surface area contributed by atoms with Crippen molar-refractivity contribution in [3.63, 3.8) is 0 Å². The zero-order valence-electron chi connectivity index (χ0n) is 11.1. The van der Waals surface area contributed by atoms with Gasteiger partial charge in [0.1, 0.15) is 11.6 Å². The summed E-state index contributed by atoms with van der Waals surface area (Å²) in [5.74, 6) is 3.39. The SMILES string of the molecule is Brc1cnn(CC2CN(c3ccnc(C4CC4)n3)C2)c1. The maximum Gasteiger partial charge on any atom is 0.133 e. The lowest BCUT2D eigenvalue weighted by Gasteiger charge is -2.40. The van der Waals surface area contributed by atoms with E-state index in [1.165, 1.54) is 12.8 Å². The minimum Gasteiger partial charge on any atom is -0.356 e. The molecule has 20 heavy (non-hydrogen) atoms. The second kappa shape index (κ2) is 4.84. The summed E-state index contributed by atoms with van der Waals surface area (Å²) < 4.78 is 3.04. The molecule has 104 valence electrons. The lowest BCUT2D eigenvalue weighted by Crippen LogP contribution is -2.49. The molecule has 0 radical (unpaired) electrons. The second-order valence-electron chi connectivity index (χ2n) is 5.70. The van der Waals surface area contributed by atoms with E-state index < -0.39 is 0 Å². The predicted octanol–water partition coefficient (Wildman–Crippen LogP) is 2.45. The summed E-state index contributed by atoms with van der Waals surface area (Å²) >= 11 is 3.43. The Bertz CT molecular complexity index is 616. The molecule has 3 heterocycles. The highest BCUT2D eigenvalue weighted by molar-refractivity contribution is 9.10. The molecule has 1 aliphatic heterocycles. The standard InChI is InChI=1S/C14H16BrN5/c15-12-5-17-20(9-12)8-10-6-19(7-10)13-3-4-16-14(18-13)11-1-2-11/h3-5,9-11H,1-2,6-8H2. The number of anilines is 1. The van der Waals surface area contributed by atoms with Gasteiger partial charge < -0.3 is 4.90 Å². The molecular formula is C14H16BrN5. The summed E-state index contributed by atoms with van der Waals surface area (Å²) in [5, 5.41) is 4.31. The van der Waals surface area contributed by atoms with Crippen LogP contribution in [0.5, 0.6) is 0 Å². The number of aromatic nitrogens is 4. The highest BCUT2D eigenvalue weighted by atomic mass is 79.9. The van der Waals surface area contributed by atoms with Crippen LogP contribution in [0.2, 0.25) is 0 Å². The van der Waals surface area contributed by atoms with Crippen LogP contribution in [0.3, 0.4) is 0 Å². The van der Waals surface area contributed by atoms with Gasteiger partial charge in [-0.05, 0) is 34.8 Å². The number of rotatable bonds is 4. The monoisotopic (exact) mass is 333 g/mol. The van der Waals surface area contributed by atoms with Crippen molar-refractivity contribution < 1.29 is 0 Å². The first-order chi connectivity index (χ1) is 9.78. The average molecular weight is 334 g/mol. The maximum atomic E-state index is 4.69. The first-order valence-electron chi connectivity index (χ1n) is 7.04. The van der Waals surface area contributed by atoms with Crippen molar-refractivity contribution in [2.45, 2.75) is 25.3 Å². The highest BCUT2D eigenvalue weighted by Crippen LogP contribution is 2.38. The van der Waals surface area contributed by atoms with E-state index in [4.69, 9.17) is 0 Å². The van der Waals surface area contributed by atoms with Crippen LogP contribution in [0.4, 0.5) is 5.82 Å². The van der Waals surface area contributed by atoms with Gasteiger partial charge in [0, 0.05) is 43.9 Å². The third-order valence-electron chi connectivity index (χ3n) is 3.93. The quantitative estimate of drug-likeness (QED) is 0.862. The van der Waals surface area contributed by atoms with Crippen LogP contribution in [0.15, 0.2) is 29.1 Å². The summed E-state index contributed by atoms with van der Waals surface area (Å²) in [6.45, 7) is 3.08. The smallest absolute Gasteiger partial charge is 0.133 e. The Balaban J connectivity index is 1.37. The van der Waals surface area contributed by atoms with Crippen LogP contribution in [0, 0.1) is 5.92 Å². The van der Waals surface area contributed by atoms with Crippen LogP contribution >= 0.6 is 15.9 Å². The van der Waals surface area contributed by atoms with E-state index in [0.717, 1.165) is 35.7 Å². The Morgan fingerprint density at radius 2 is 2.15 bits per heavy atom. The van der Waals surface area contributed by atoms with Crippen LogP contribution in [0.1, 0.15) is 24.6 Å². The number of hydrogen-bond acceptors (Lipinski definition) is 4. The van der Waals surface area contributed by atoms with Crippen molar-refractivity contribution in [2.75, 3.05) is 18.0 Å². The van der Waals surface area contributed by atoms with Crippen molar-refractivity contribution in [1.29, 1.82) is 0 Å². The molecule has 1 saturated heterocycles. The third kappa shape index (κ3) is 2.44. The molecule has 0 unspecified atom stereocenters. The molecule has 0 spiro atoms. The minimum atomic E-state index is 0.619. The van der Waals surface area contributed by atoms with E-state index in [0.29, 0.717) is 11.8 Å². The highest BCUT2D eigenvalue weighted by Gasteiger charge is 2.30. The largest absolute Gasteiger partial charge is 0.356 e. The van der Waals surface area contributed by atoms with Crippen molar-refractivity contribution in [1.82, 2.24) is 19.7 Å². The normalized spacial score (nSPS) is 19.1. The summed E-state index contributed by atoms with van der Waals surface area (Å²) in [6, 6.07) is 2.02. The molecule has 0 amide bonds. The molecule has 4 rings (SSSR count). The van der Waals surface area contributed by atoms with Gasteiger partial charge in [-0.3, -0.25) is 4.68 Å². The van der Waals surface area contributed by atoms with E-state index in [1.54, 1.807) is 0 Å². The van der Waals surface area contributed by atoms with E-state index in [9.17, 15) is 0 Å². The molecule has 0 bridgehead atoms. The zero-order valence-corrected chi connectivity index (χ0v) is 12.7. The molecule has 2 aliphatic rings. The molecule has 1 aliphatic carbocycles. The molecule has 1 saturated carbocycles. The predicted molar refractivity (Wildman–Crippen MR) is 79.6 cm³/mol. The first-order valence-corrected chi connectivity index (χ1v) is 7.83. The molecular weight excluding hydrogens is 318 g/mol. The van der Waals surface area contributed by atoms with Crippen LogP contribution in [0.25, 0.3) is 0 Å². The van der Waals surface area contributed by atoms with Crippen LogP contribution in [-0.2, 0) is 6.54 Å². The fraction of sp³-hybridized carbons (Fsp3) is 0.500. The van der Waals surface area contributed by atoms with E-state index in [1.807, 2.05) is 29.3 Å². The zero-order chi connectivity index (χ0) is 13.5. The summed E-state index contributed by atoms with van der Waals surface area (Å²) in [7, 11) is 0. The minimum absolute atomic E-state index is 0.619. The van der Waals surface area contributed by atoms with Gasteiger partial charge in [-0.1, -0.05) is 0 Å². The van der Waals surface area contributed by atoms with Gasteiger partial charge in [-0.25, -0.2) is 9.97 Å². The Labute approximate surface area is 126 Å². The summed E-state index contributed by atoms with van der Waals surface area (Å²) in [4.78, 5) is 11.4. The molecule has 0 N–H and O–H groups in total. The van der Waals surface area contributed by atoms with Gasteiger partial charge in [0.05, 0.1) is 10.7 Å². The van der Waals surface area contributed by atoms with Gasteiger partial charge in [-0.2, -0.15) is 5.10 Å². The fourth-order valence-corrected chi connectivity index (χ4v) is 2.98. The van der Waals surface area contributed by atoms with Gasteiger partial charge >= 0.3 is 0 Å². The van der Waals surface area contributed by atoms with Gasteiger partial charge in [0.25, 0.3) is 0 Å². The Kier molecular flexibility index (Phi) is 2.98. The number of hydrogen-bond donors (Lipinski definition) is 0. The number of halogens is 1. The Morgan fingerprint density at radius 1 is 1.30 bits per heavy atom. The van der Waals surface area contributed by atoms with Crippen LogP contribution in [-0.4, -0.2) is 32.8 Å². The third-order valence-corrected chi connectivity index (χ3v) is 4.34. The lowest BCUT2D eigenvalue weighted by atomic mass is 10.0. The molecule has 2 aromatic rings. The van der Waals surface area contributed by atoms with Crippen LogP contribution < -0.4 is 4.90 Å². The molecule has 0 atom stereocenters. The van der Waals surface area contributed by atoms with Crippen molar-refractivity contribution in [2.24, 2.45) is 5.92 Å². The Hall–Kier alpha value is -1.43. The topological polar surface area (TPSA) is 46.8 Å². The summed E-state index contributed by atoms with van der Waals surface area (Å²) in [6.07, 6.45) is 8.26. The fourth-order valence-electron chi connectivity index (χ4n) is 2.65. The molecule has 2 aromatic heterocycles. The van der Waals surface area contributed by atoms with Gasteiger partial charge in [0.15, 0.2) is 0 Å². The summed E-state index contributed by atoms with van der Waals surface area (Å²) in [5.41, 5.74) is 0. The van der Waals surface area contributed by atoms with E-state index in [2.05, 4.69) is 35.9 Å². The van der Waals surface area contributed by atoms with Gasteiger partial charge in [0.2, 0.25) is 0 Å². The first kappa shape index (κ1) is 12.3. The molecule has 6 heteroatoms. The van der Waals surface area contributed by atoms with Crippen molar-refractivity contribution >= 4 is 21.7 Å². The second-order valence-corrected chi connectivity index (χ2v) is 6.61. The average Bonchev–Trinajstić information content (AvgIpc) is 3.18. The van der Waals surface area contributed by atoms with Crippen molar-refractivity contribution in [3.8, 4) is 0 Å². The van der Waals surface area contributed by atoms with E-state index in [-0.39, 0.29) is 0 Å². The molecule has 5 nitrogen and oxygen atoms in total. The maximum absolute atomic E-state index is 4.69. The lowest BCUT2D eigenvalue weighted by molar-refractivity contribution is 0.340. The van der Waals surface area contributed by atoms with Crippen molar-refractivity contribution in [3.05, 3.63) is 35.0 Å². The molecule has 2 fully saturated rings.